The molecule has 20 atom stereocenters. The number of halogens is 4. The zero-order chi connectivity index (χ0) is 83.2. The Morgan fingerprint density at radius 3 is 1.38 bits per heavy atom. The van der Waals surface area contributed by atoms with Crippen LogP contribution in [-0.4, -0.2) is 272 Å². The van der Waals surface area contributed by atoms with Crippen LogP contribution in [0.1, 0.15) is 182 Å². The molecule has 27 nitrogen and oxygen atoms in total. The molecule has 2 amide bonds. The van der Waals surface area contributed by atoms with E-state index in [2.05, 4.69) is 35.1 Å². The first-order chi connectivity index (χ1) is 53.3. The third-order valence-corrected chi connectivity index (χ3v) is 27.3. The molecule has 640 valence electrons. The number of alkyl halides is 2. The summed E-state index contributed by atoms with van der Waals surface area (Å²) in [6, 6.07) is -1.94. The molecule has 0 radical (unpaired) electrons. The van der Waals surface area contributed by atoms with Gasteiger partial charge in [-0.3, -0.25) is 29.0 Å². The quantitative estimate of drug-likeness (QED) is 0.0249. The van der Waals surface area contributed by atoms with Gasteiger partial charge in [0.2, 0.25) is 22.7 Å². The Bertz CT molecular complexity index is 4280. The number of fused-ring (bicyclic) bond motifs is 2. The minimum absolute atomic E-state index is 0. The number of nitrogens with zero attached hydrogens (tertiary/aromatic N) is 6. The molecule has 8 fully saturated rings. The Hall–Kier alpha value is -5.36. The molecule has 2 aromatic carbocycles. The van der Waals surface area contributed by atoms with E-state index in [-0.39, 0.29) is 100.0 Å². The van der Waals surface area contributed by atoms with Gasteiger partial charge in [0.05, 0.1) is 70.9 Å². The Labute approximate surface area is 686 Å². The van der Waals surface area contributed by atoms with Gasteiger partial charge in [-0.25, -0.2) is 18.4 Å². The second-order valence-corrected chi connectivity index (χ2v) is 36.5. The Kier molecular flexibility index (Phi) is 30.8. The van der Waals surface area contributed by atoms with E-state index in [9.17, 15) is 59.4 Å². The molecule has 0 spiro atoms. The van der Waals surface area contributed by atoms with Crippen molar-refractivity contribution in [2.75, 3.05) is 103 Å². The van der Waals surface area contributed by atoms with Gasteiger partial charge in [0.25, 0.3) is 0 Å². The van der Waals surface area contributed by atoms with E-state index < -0.39 is 116 Å². The maximum absolute atomic E-state index is 16.5. The van der Waals surface area contributed by atoms with Crippen molar-refractivity contribution in [3.63, 3.8) is 0 Å². The predicted molar refractivity (Wildman–Crippen MR) is 444 cm³/mol. The summed E-state index contributed by atoms with van der Waals surface area (Å²) < 4.78 is 66.0. The number of esters is 1. The van der Waals surface area contributed by atoms with Gasteiger partial charge in [-0.15, -0.1) is 46.7 Å². The van der Waals surface area contributed by atoms with Gasteiger partial charge in [-0.1, -0.05) is 34.1 Å². The number of hydrogen-bond acceptors (Lipinski definition) is 24. The molecule has 4 aromatic rings. The van der Waals surface area contributed by atoms with Crippen LogP contribution in [0.5, 0.6) is 11.5 Å². The van der Waals surface area contributed by atoms with Crippen LogP contribution in [0, 0.1) is 51.2 Å². The summed E-state index contributed by atoms with van der Waals surface area (Å²) in [6.07, 6.45) is 1.59. The number of aliphatic hydroxyl groups excluding tert-OH is 5. The summed E-state index contributed by atoms with van der Waals surface area (Å²) in [5, 5.41) is 75.7. The number of pyridine rings is 2. The first kappa shape index (κ1) is 92.5. The number of carbonyl (C=O) groups excluding carboxylic acids is 3. The fourth-order valence-corrected chi connectivity index (χ4v) is 19.6. The number of carboxylic acids is 1. The lowest BCUT2D eigenvalue weighted by molar-refractivity contribution is -0.236. The number of aromatic nitrogens is 2. The van der Waals surface area contributed by atoms with Crippen molar-refractivity contribution in [1.82, 2.24) is 40.2 Å². The van der Waals surface area contributed by atoms with Gasteiger partial charge in [0.15, 0.2) is 34.2 Å². The first-order valence-corrected chi connectivity index (χ1v) is 43.1. The van der Waals surface area contributed by atoms with E-state index in [1.807, 2.05) is 56.7 Å². The van der Waals surface area contributed by atoms with Gasteiger partial charge >= 0.3 is 11.9 Å². The van der Waals surface area contributed by atoms with Crippen LogP contribution < -0.4 is 51.4 Å². The number of methoxy groups -OCH3 is 2. The zero-order valence-electron chi connectivity index (χ0n) is 68.5. The topological polar surface area (TPSA) is 341 Å². The van der Waals surface area contributed by atoms with Crippen molar-refractivity contribution in [3.8, 4) is 11.5 Å². The third kappa shape index (κ3) is 18.4. The molecule has 0 bridgehead atoms. The number of piperazine rings is 2. The number of aromatic carboxylic acids is 1. The van der Waals surface area contributed by atoms with Gasteiger partial charge in [0, 0.05) is 99.0 Å². The highest BCUT2D eigenvalue weighted by atomic mass is 35.5. The second kappa shape index (κ2) is 37.9. The average Bonchev–Trinajstić information content (AvgIpc) is 1.19. The minimum atomic E-state index is -1.69. The molecule has 2 aliphatic carbocycles. The highest BCUT2D eigenvalue weighted by Gasteiger charge is 2.58. The highest BCUT2D eigenvalue weighted by Crippen LogP contribution is 2.50. The molecule has 6 saturated heterocycles. The summed E-state index contributed by atoms with van der Waals surface area (Å²) in [5.74, 6) is -2.42. The number of amides is 2. The molecule has 2 aromatic heterocycles. The lowest BCUT2D eigenvalue weighted by Gasteiger charge is -2.50. The van der Waals surface area contributed by atoms with Crippen molar-refractivity contribution in [1.29, 1.82) is 0 Å². The van der Waals surface area contributed by atoms with E-state index in [1.165, 1.54) is 32.9 Å². The summed E-state index contributed by atoms with van der Waals surface area (Å²) in [7, 11) is 6.78. The van der Waals surface area contributed by atoms with E-state index in [4.69, 9.17) is 46.9 Å². The van der Waals surface area contributed by atoms with Crippen molar-refractivity contribution in [2.45, 2.75) is 273 Å². The molecule has 33 heteroatoms. The van der Waals surface area contributed by atoms with Crippen LogP contribution in [0.25, 0.3) is 21.8 Å². The minimum Gasteiger partial charge on any atom is -0.492 e. The standard InChI is InChI=1S/C40H59ClFN5O8S.C21H26FN3O4.C19H35ClN2O5S.CH4/c1-10-11-23-16-25(45(7)18-23)38(51)44-29(21(4)41)35-33(49)34(50)37(40(6,55-35)56-9)54-39(52)27-22(5)47(24-12-13-24)30-26(32(27)48)20(3)28(42)31(36(30)53-8)46-15-14-43-19(2)17-46;1-10-9-24(8-7-23-10)18-16(22)11(2)14-17(20(18)29-4)25(13-5-6-13)12(3)15(19(14)26)21(27)28;1-6-7-11-8-12(22(4)9-11)18(26)21-13(10(2)20)16-14(23)15(24)17(25)19(3,27-16)28-5;/h19,21,23-25,29,33-35,37,43,49-50H,10-18H2,1-9H3,(H,44,51);10,13,23H,5-9H2,1-4H3,(H,27,28);10-17,23-25H,6-9H2,1-5H3,(H,21,26);1H4/t19?,21?,23?,25?,29-,33-,34+,35-,37-,40-;;10?,11?,12?,13-,14-,15+,16-,17-,19-;/m1.1./s1. The molecule has 2 saturated carbocycles. The number of nitrogens with one attached hydrogen (secondary N) is 4. The monoisotopic (exact) mass is 1680 g/mol. The molecule has 8 unspecified atom stereocenters. The maximum atomic E-state index is 16.5. The Balaban J connectivity index is 0.000000215. The zero-order valence-corrected chi connectivity index (χ0v) is 71.6. The Morgan fingerprint density at radius 2 is 1.02 bits per heavy atom. The number of aryl methyl sites for hydroxylation is 2. The average molecular weight is 1680 g/mol. The van der Waals surface area contributed by atoms with Crippen LogP contribution in [0.2, 0.25) is 0 Å². The molecular formula is C81H124Cl2F2N10O17S2. The molecule has 8 aliphatic rings. The maximum Gasteiger partial charge on any atom is 0.344 e. The number of rotatable bonds is 23. The SMILES string of the molecule is C.CCCC1CC(C(=O)N[C@H](C(C)Cl)[C@H]2O[C@](C)(SC)[C@H](O)[C@@H](O)[C@H]2O)N(C)C1.CCCC1CC(C(=O)N[C@H](C(C)Cl)[C@H]2O[C@](C)(SC)[C@H](OC(=O)c3c(C)n(C4CC4)c4c(OC)c(N5CCNC(C)C5)c(F)c(C)c4c3=O)[C@@H](O)[C@H]2O)N(C)C1.COc1c(N2CCNC(C)C2)c(F)c(C)c2c(=O)c(C(=O)O)c(C)n(C3CC3)c12. The molecule has 114 heavy (non-hydrogen) atoms. The van der Waals surface area contributed by atoms with Crippen LogP contribution in [-0.2, 0) is 23.8 Å². The Morgan fingerprint density at radius 1 is 0.632 bits per heavy atom. The number of hydrogen-bond donors (Lipinski definition) is 10. The molecule has 10 N–H and O–H groups in total. The molecular weight excluding hydrogens is 1560 g/mol. The lowest BCUT2D eigenvalue weighted by atomic mass is 9.89. The van der Waals surface area contributed by atoms with E-state index in [0.29, 0.717) is 91.4 Å². The van der Waals surface area contributed by atoms with Crippen LogP contribution >= 0.6 is 46.7 Å². The number of aliphatic hydroxyl groups is 5. The van der Waals surface area contributed by atoms with Crippen LogP contribution in [0.3, 0.4) is 0 Å². The number of ether oxygens (including phenoxy) is 5. The van der Waals surface area contributed by atoms with Gasteiger partial charge in [-0.2, -0.15) is 0 Å². The largest absolute Gasteiger partial charge is 0.492 e. The predicted octanol–water partition coefficient (Wildman–Crippen LogP) is 7.87. The number of benzene rings is 2. The number of carbonyl (C=O) groups is 4. The number of anilines is 2. The van der Waals surface area contributed by atoms with Crippen molar-refractivity contribution >= 4 is 104 Å². The van der Waals surface area contributed by atoms with Crippen LogP contribution in [0.4, 0.5) is 20.2 Å². The third-order valence-electron chi connectivity index (χ3n) is 24.4. The number of likely N-dealkylation sites (tertiary alicyclic amines) is 2. The number of thioether (sulfide) groups is 2. The lowest BCUT2D eigenvalue weighted by Crippen LogP contribution is -2.69. The first-order valence-electron chi connectivity index (χ1n) is 39.8. The van der Waals surface area contributed by atoms with Crippen molar-refractivity contribution < 1.29 is 82.3 Å². The highest BCUT2D eigenvalue weighted by molar-refractivity contribution is 8.00. The van der Waals surface area contributed by atoms with Gasteiger partial charge in [-0.05, 0) is 159 Å². The number of likely N-dealkylation sites (N-methyl/N-ethyl adjacent to an activating group) is 2. The van der Waals surface area contributed by atoms with Crippen molar-refractivity contribution in [3.05, 3.63) is 65.7 Å². The normalized spacial score (nSPS) is 30.4. The van der Waals surface area contributed by atoms with E-state index >= 15 is 8.78 Å². The number of carboxylic acid groups (broad SMARTS) is 1. The molecule has 6 aliphatic heterocycles. The fraction of sp³-hybridized carbons (Fsp3) is 0.728. The smallest absolute Gasteiger partial charge is 0.344 e. The van der Waals surface area contributed by atoms with Crippen molar-refractivity contribution in [2.24, 2.45) is 11.8 Å². The summed E-state index contributed by atoms with van der Waals surface area (Å²) >= 11 is 15.4. The summed E-state index contributed by atoms with van der Waals surface area (Å²) in [4.78, 5) is 85.8. The van der Waals surface area contributed by atoms with Gasteiger partial charge < -0.3 is 94.5 Å². The van der Waals surface area contributed by atoms with E-state index in [0.717, 1.165) is 82.6 Å². The molecule has 12 rings (SSSR count). The van der Waals surface area contributed by atoms with E-state index in [1.54, 1.807) is 61.0 Å². The van der Waals surface area contributed by atoms with Gasteiger partial charge in [0.1, 0.15) is 70.2 Å². The summed E-state index contributed by atoms with van der Waals surface area (Å²) in [6.45, 7) is 26.7. The summed E-state index contributed by atoms with van der Waals surface area (Å²) in [5.41, 5.74) is 0.573. The second-order valence-electron chi connectivity index (χ2n) is 32.7. The fourth-order valence-electron chi connectivity index (χ4n) is 18.0. The van der Waals surface area contributed by atoms with Crippen LogP contribution in [0.15, 0.2) is 9.59 Å². The molecule has 8 heterocycles.